The van der Waals surface area contributed by atoms with Crippen LogP contribution in [0.4, 0.5) is 11.6 Å². The van der Waals surface area contributed by atoms with Crippen molar-refractivity contribution in [1.29, 1.82) is 0 Å². The van der Waals surface area contributed by atoms with Crippen molar-refractivity contribution < 1.29 is 4.79 Å². The summed E-state index contributed by atoms with van der Waals surface area (Å²) in [5.41, 5.74) is 0.323. The molecule has 1 aromatic rings. The molecular weight excluding hydrogens is 350 g/mol. The van der Waals surface area contributed by atoms with Gasteiger partial charge in [0.15, 0.2) is 0 Å². The van der Waals surface area contributed by atoms with Gasteiger partial charge in [0.05, 0.1) is 0 Å². The van der Waals surface area contributed by atoms with Crippen LogP contribution in [0.25, 0.3) is 0 Å². The molecule has 0 radical (unpaired) electrons. The van der Waals surface area contributed by atoms with Crippen LogP contribution in [0.1, 0.15) is 57.8 Å². The molecule has 6 rings (SSSR count). The second-order valence-electron chi connectivity index (χ2n) is 9.83. The smallest absolute Gasteiger partial charge is 0.220 e. The van der Waals surface area contributed by atoms with Crippen LogP contribution in [0.3, 0.4) is 0 Å². The predicted octanol–water partition coefficient (Wildman–Crippen LogP) is 3.21. The van der Waals surface area contributed by atoms with Gasteiger partial charge in [0.25, 0.3) is 0 Å². The van der Waals surface area contributed by atoms with E-state index in [4.69, 9.17) is 0 Å². The molecule has 4 bridgehead atoms. The summed E-state index contributed by atoms with van der Waals surface area (Å²) in [7, 11) is 0. The third-order valence-electron chi connectivity index (χ3n) is 7.54. The molecule has 0 unspecified atom stereocenters. The van der Waals surface area contributed by atoms with Crippen LogP contribution in [0.5, 0.6) is 0 Å². The Morgan fingerprint density at radius 2 is 1.71 bits per heavy atom. The van der Waals surface area contributed by atoms with Gasteiger partial charge in [0.1, 0.15) is 18.0 Å². The number of nitrogens with zero attached hydrogens (tertiary/aromatic N) is 3. The first kappa shape index (κ1) is 18.2. The molecule has 1 saturated heterocycles. The number of hydrogen-bond acceptors (Lipinski definition) is 5. The van der Waals surface area contributed by atoms with E-state index in [1.807, 2.05) is 6.07 Å². The van der Waals surface area contributed by atoms with Gasteiger partial charge in [-0.05, 0) is 74.5 Å². The standard InChI is InChI=1S/C22H33N5O/c28-21(14-22-11-16-7-17(12-22)9-18(8-16)13-22)24-4-3-23-19-10-20(26-15-25-19)27-5-1-2-6-27/h10,15-18H,1-9,11-14H2,(H,24,28)(H,23,25,26). The van der Waals surface area contributed by atoms with E-state index in [0.29, 0.717) is 18.5 Å². The number of anilines is 2. The topological polar surface area (TPSA) is 70.2 Å². The molecule has 152 valence electrons. The average Bonchev–Trinajstić information content (AvgIpc) is 3.19. The minimum atomic E-state index is 0.240. The molecule has 28 heavy (non-hydrogen) atoms. The number of rotatable bonds is 7. The Labute approximate surface area is 167 Å². The van der Waals surface area contributed by atoms with Gasteiger partial charge in [0, 0.05) is 38.7 Å². The zero-order valence-electron chi connectivity index (χ0n) is 16.8. The molecule has 1 aromatic heterocycles. The molecule has 4 saturated carbocycles. The maximum absolute atomic E-state index is 12.6. The predicted molar refractivity (Wildman–Crippen MR) is 110 cm³/mol. The molecule has 0 aromatic carbocycles. The van der Waals surface area contributed by atoms with Crippen LogP contribution in [0.15, 0.2) is 12.4 Å². The first-order valence-corrected chi connectivity index (χ1v) is 11.3. The Bertz CT molecular complexity index is 679. The second-order valence-corrected chi connectivity index (χ2v) is 9.83. The molecule has 2 heterocycles. The number of amides is 1. The highest BCUT2D eigenvalue weighted by Crippen LogP contribution is 2.61. The van der Waals surface area contributed by atoms with Crippen LogP contribution in [0.2, 0.25) is 0 Å². The minimum absolute atomic E-state index is 0.240. The second kappa shape index (κ2) is 7.53. The Morgan fingerprint density at radius 3 is 2.39 bits per heavy atom. The average molecular weight is 384 g/mol. The normalized spacial score (nSPS) is 33.3. The Balaban J connectivity index is 1.07. The fraction of sp³-hybridized carbons (Fsp3) is 0.773. The van der Waals surface area contributed by atoms with Crippen LogP contribution in [-0.2, 0) is 4.79 Å². The van der Waals surface area contributed by atoms with Gasteiger partial charge in [-0.2, -0.15) is 0 Å². The number of nitrogens with one attached hydrogen (secondary N) is 2. The lowest BCUT2D eigenvalue weighted by Crippen LogP contribution is -2.48. The summed E-state index contributed by atoms with van der Waals surface area (Å²) < 4.78 is 0. The molecule has 5 aliphatic rings. The van der Waals surface area contributed by atoms with E-state index >= 15 is 0 Å². The molecule has 6 heteroatoms. The van der Waals surface area contributed by atoms with E-state index in [-0.39, 0.29) is 5.91 Å². The van der Waals surface area contributed by atoms with Crippen molar-refractivity contribution in [3.63, 3.8) is 0 Å². The van der Waals surface area contributed by atoms with Gasteiger partial charge in [-0.25, -0.2) is 9.97 Å². The highest BCUT2D eigenvalue weighted by Gasteiger charge is 2.51. The van der Waals surface area contributed by atoms with E-state index in [0.717, 1.165) is 48.9 Å². The van der Waals surface area contributed by atoms with E-state index in [9.17, 15) is 4.79 Å². The third-order valence-corrected chi connectivity index (χ3v) is 7.54. The summed E-state index contributed by atoms with van der Waals surface area (Å²) in [6.07, 6.45) is 13.0. The molecular formula is C22H33N5O. The largest absolute Gasteiger partial charge is 0.368 e. The summed E-state index contributed by atoms with van der Waals surface area (Å²) in [6, 6.07) is 2.02. The van der Waals surface area contributed by atoms with Crippen molar-refractivity contribution in [1.82, 2.24) is 15.3 Å². The number of carbonyl (C=O) groups excluding carboxylic acids is 1. The molecule has 4 aliphatic carbocycles. The van der Waals surface area contributed by atoms with Crippen molar-refractivity contribution in [3.05, 3.63) is 12.4 Å². The van der Waals surface area contributed by atoms with Gasteiger partial charge in [-0.1, -0.05) is 0 Å². The van der Waals surface area contributed by atoms with Crippen molar-refractivity contribution in [3.8, 4) is 0 Å². The SMILES string of the molecule is O=C(CC12CC3CC(CC(C3)C1)C2)NCCNc1cc(N2CCCC2)ncn1. The van der Waals surface area contributed by atoms with Crippen molar-refractivity contribution in [2.45, 2.75) is 57.8 Å². The molecule has 1 amide bonds. The summed E-state index contributed by atoms with van der Waals surface area (Å²) in [6.45, 7) is 3.50. The molecule has 2 N–H and O–H groups in total. The van der Waals surface area contributed by atoms with Crippen molar-refractivity contribution in [2.75, 3.05) is 36.4 Å². The lowest BCUT2D eigenvalue weighted by Gasteiger charge is -2.56. The van der Waals surface area contributed by atoms with Crippen molar-refractivity contribution in [2.24, 2.45) is 23.2 Å². The third kappa shape index (κ3) is 3.83. The number of aromatic nitrogens is 2. The summed E-state index contributed by atoms with van der Waals surface area (Å²) in [5.74, 6) is 4.80. The first-order chi connectivity index (χ1) is 13.7. The fourth-order valence-electron chi connectivity index (χ4n) is 6.86. The quantitative estimate of drug-likeness (QED) is 0.708. The molecule has 0 spiro atoms. The maximum Gasteiger partial charge on any atom is 0.220 e. The van der Waals surface area contributed by atoms with Crippen LogP contribution in [0, 0.1) is 23.2 Å². The summed E-state index contributed by atoms with van der Waals surface area (Å²) in [5, 5.41) is 6.47. The minimum Gasteiger partial charge on any atom is -0.368 e. The monoisotopic (exact) mass is 383 g/mol. The van der Waals surface area contributed by atoms with E-state index in [2.05, 4.69) is 25.5 Å². The van der Waals surface area contributed by atoms with E-state index in [1.165, 1.54) is 51.4 Å². The Kier molecular flexibility index (Phi) is 4.89. The fourth-order valence-corrected chi connectivity index (χ4v) is 6.86. The summed E-state index contributed by atoms with van der Waals surface area (Å²) in [4.78, 5) is 23.6. The van der Waals surface area contributed by atoms with Gasteiger partial charge >= 0.3 is 0 Å². The van der Waals surface area contributed by atoms with Crippen LogP contribution >= 0.6 is 0 Å². The molecule has 1 aliphatic heterocycles. The van der Waals surface area contributed by atoms with Crippen molar-refractivity contribution >= 4 is 17.5 Å². The highest BCUT2D eigenvalue weighted by molar-refractivity contribution is 5.76. The number of carbonyl (C=O) groups is 1. The van der Waals surface area contributed by atoms with Gasteiger partial charge in [0.2, 0.25) is 5.91 Å². The molecule has 6 nitrogen and oxygen atoms in total. The zero-order chi connectivity index (χ0) is 19.0. The van der Waals surface area contributed by atoms with E-state index in [1.54, 1.807) is 6.33 Å². The Hall–Kier alpha value is -1.85. The zero-order valence-corrected chi connectivity index (χ0v) is 16.8. The van der Waals surface area contributed by atoms with Gasteiger partial charge < -0.3 is 15.5 Å². The number of hydrogen-bond donors (Lipinski definition) is 2. The molecule has 0 atom stereocenters. The van der Waals surface area contributed by atoms with Gasteiger partial charge in [-0.3, -0.25) is 4.79 Å². The first-order valence-electron chi connectivity index (χ1n) is 11.3. The molecule has 5 fully saturated rings. The highest BCUT2D eigenvalue weighted by atomic mass is 16.1. The van der Waals surface area contributed by atoms with E-state index < -0.39 is 0 Å². The lowest BCUT2D eigenvalue weighted by atomic mass is 9.49. The van der Waals surface area contributed by atoms with Gasteiger partial charge in [-0.15, -0.1) is 0 Å². The van der Waals surface area contributed by atoms with Crippen LogP contribution in [-0.4, -0.2) is 42.1 Å². The lowest BCUT2D eigenvalue weighted by molar-refractivity contribution is -0.129. The van der Waals surface area contributed by atoms with Crippen LogP contribution < -0.4 is 15.5 Å². The Morgan fingerprint density at radius 1 is 1.04 bits per heavy atom. The maximum atomic E-state index is 12.6. The summed E-state index contributed by atoms with van der Waals surface area (Å²) >= 11 is 0.